The fourth-order valence-electron chi connectivity index (χ4n) is 4.34. The normalized spacial score (nSPS) is 11.7. The zero-order valence-electron chi connectivity index (χ0n) is 20.8. The van der Waals surface area contributed by atoms with E-state index in [1.165, 1.54) is 32.5 Å². The molecule has 1 atom stereocenters. The lowest BCUT2D eigenvalue weighted by molar-refractivity contribution is -0.139. The van der Waals surface area contributed by atoms with Gasteiger partial charge in [0.05, 0.1) is 31.9 Å². The number of aliphatic carboxylic acids is 1. The molecule has 0 bridgehead atoms. The number of carbonyl (C=O) groups excluding carboxylic acids is 1. The van der Waals surface area contributed by atoms with E-state index in [1.807, 2.05) is 0 Å². The molecule has 0 spiro atoms. The van der Waals surface area contributed by atoms with Crippen molar-refractivity contribution >= 4 is 22.8 Å². The summed E-state index contributed by atoms with van der Waals surface area (Å²) >= 11 is 0. The third-order valence-electron chi connectivity index (χ3n) is 6.17. The number of aliphatic hydroxyl groups is 1. The predicted octanol–water partition coefficient (Wildman–Crippen LogP) is 4.25. The first kappa shape index (κ1) is 27.4. The monoisotopic (exact) mass is 540 g/mol. The minimum atomic E-state index is -1.73. The summed E-state index contributed by atoms with van der Waals surface area (Å²) in [7, 11) is 2.80. The summed E-state index contributed by atoms with van der Waals surface area (Å²) in [5.74, 6) is -5.44. The number of hydrogen-bond donors (Lipinski definition) is 3. The number of rotatable bonds is 9. The number of pyridine rings is 1. The van der Waals surface area contributed by atoms with Gasteiger partial charge < -0.3 is 25.0 Å². The van der Waals surface area contributed by atoms with Crippen LogP contribution < -0.4 is 14.8 Å². The first-order valence-electron chi connectivity index (χ1n) is 11.6. The Morgan fingerprint density at radius 2 is 1.62 bits per heavy atom. The van der Waals surface area contributed by atoms with Crippen LogP contribution in [0.5, 0.6) is 11.5 Å². The van der Waals surface area contributed by atoms with Gasteiger partial charge in [-0.2, -0.15) is 0 Å². The van der Waals surface area contributed by atoms with Gasteiger partial charge in [-0.3, -0.25) is 9.78 Å². The number of aromatic nitrogens is 1. The molecule has 39 heavy (non-hydrogen) atoms. The fraction of sp³-hybridized carbons (Fsp3) is 0.179. The van der Waals surface area contributed by atoms with Gasteiger partial charge in [0.1, 0.15) is 40.6 Å². The summed E-state index contributed by atoms with van der Waals surface area (Å²) in [4.78, 5) is 29.0. The average molecular weight is 540 g/mol. The number of fused-ring (bicyclic) bond motifs is 1. The maximum Gasteiger partial charge on any atom is 0.326 e. The van der Waals surface area contributed by atoms with Crippen LogP contribution in [0.15, 0.2) is 54.7 Å². The topological polar surface area (TPSA) is 118 Å². The van der Waals surface area contributed by atoms with Crippen LogP contribution in [0.3, 0.4) is 0 Å². The number of methoxy groups -OCH3 is 2. The number of carboxylic acids is 1. The van der Waals surface area contributed by atoms with E-state index in [0.29, 0.717) is 11.1 Å². The molecule has 1 amide bonds. The summed E-state index contributed by atoms with van der Waals surface area (Å²) in [6.45, 7) is -0.293. The third kappa shape index (κ3) is 5.34. The van der Waals surface area contributed by atoms with Crippen LogP contribution >= 0.6 is 0 Å². The van der Waals surface area contributed by atoms with Crippen LogP contribution in [-0.2, 0) is 17.8 Å². The lowest BCUT2D eigenvalue weighted by Gasteiger charge is -2.20. The Bertz CT molecular complexity index is 1530. The molecule has 8 nitrogen and oxygen atoms in total. The number of aliphatic hydroxyl groups excluding tert-OH is 1. The second kappa shape index (κ2) is 11.4. The highest BCUT2D eigenvalue weighted by molar-refractivity contribution is 6.00. The van der Waals surface area contributed by atoms with Crippen LogP contribution in [0.4, 0.5) is 13.2 Å². The molecule has 202 valence electrons. The molecule has 1 heterocycles. The van der Waals surface area contributed by atoms with Crippen LogP contribution in [0.2, 0.25) is 0 Å². The van der Waals surface area contributed by atoms with Gasteiger partial charge in [-0.25, -0.2) is 18.0 Å². The molecule has 4 aromatic rings. The van der Waals surface area contributed by atoms with Crippen LogP contribution in [0, 0.1) is 17.5 Å². The van der Waals surface area contributed by atoms with E-state index in [0.717, 1.165) is 24.3 Å². The molecule has 0 fully saturated rings. The third-order valence-corrected chi connectivity index (χ3v) is 6.17. The van der Waals surface area contributed by atoms with Crippen molar-refractivity contribution in [2.24, 2.45) is 0 Å². The number of carboxylic acid groups (broad SMARTS) is 1. The van der Waals surface area contributed by atoms with E-state index in [4.69, 9.17) is 9.47 Å². The van der Waals surface area contributed by atoms with Crippen molar-refractivity contribution in [2.45, 2.75) is 19.1 Å². The lowest BCUT2D eigenvalue weighted by Crippen LogP contribution is -2.43. The van der Waals surface area contributed by atoms with Crippen molar-refractivity contribution in [3.8, 4) is 22.6 Å². The van der Waals surface area contributed by atoms with Crippen molar-refractivity contribution in [3.05, 3.63) is 88.9 Å². The number of nitrogens with one attached hydrogen (secondary N) is 1. The van der Waals surface area contributed by atoms with Crippen LogP contribution in [0.1, 0.15) is 21.5 Å². The van der Waals surface area contributed by atoms with Crippen molar-refractivity contribution in [3.63, 3.8) is 0 Å². The second-order valence-corrected chi connectivity index (χ2v) is 8.48. The smallest absolute Gasteiger partial charge is 0.326 e. The summed E-state index contributed by atoms with van der Waals surface area (Å²) in [5.41, 5.74) is 0.356. The molecule has 3 aromatic carbocycles. The van der Waals surface area contributed by atoms with E-state index in [-0.39, 0.29) is 40.1 Å². The van der Waals surface area contributed by atoms with E-state index < -0.39 is 47.4 Å². The van der Waals surface area contributed by atoms with E-state index in [1.54, 1.807) is 12.1 Å². The molecule has 1 aromatic heterocycles. The van der Waals surface area contributed by atoms with Gasteiger partial charge in [0.25, 0.3) is 5.91 Å². The Kier molecular flexibility index (Phi) is 8.01. The van der Waals surface area contributed by atoms with Crippen LogP contribution in [0.25, 0.3) is 22.0 Å². The van der Waals surface area contributed by atoms with Crippen molar-refractivity contribution in [1.29, 1.82) is 0 Å². The zero-order valence-corrected chi connectivity index (χ0v) is 20.8. The first-order chi connectivity index (χ1) is 18.7. The minimum Gasteiger partial charge on any atom is -0.496 e. The zero-order chi connectivity index (χ0) is 28.3. The summed E-state index contributed by atoms with van der Waals surface area (Å²) < 4.78 is 54.8. The number of nitrogens with zero attached hydrogens (tertiary/aromatic N) is 1. The Hall–Kier alpha value is -4.64. The van der Waals surface area contributed by atoms with Gasteiger partial charge >= 0.3 is 5.97 Å². The molecule has 0 aliphatic heterocycles. The quantitative estimate of drug-likeness (QED) is 0.291. The maximum absolute atomic E-state index is 15.7. The van der Waals surface area contributed by atoms with Crippen LogP contribution in [-0.4, -0.2) is 47.3 Å². The molecule has 0 unspecified atom stereocenters. The molecule has 4 rings (SSSR count). The molecular formula is C28H23F3N2O6. The van der Waals surface area contributed by atoms with Gasteiger partial charge in [0.15, 0.2) is 0 Å². The highest BCUT2D eigenvalue weighted by Gasteiger charge is 2.28. The molecule has 0 aliphatic carbocycles. The molecule has 11 heteroatoms. The minimum absolute atomic E-state index is 0.0894. The SMILES string of the molecule is COc1cc(CO)cc(OC)c1-c1cc(F)c(C[C@H](NC(=O)c2c(F)cccc2F)C(=O)O)c2cccnc12. The van der Waals surface area contributed by atoms with Crippen molar-refractivity contribution < 1.29 is 42.4 Å². The molecule has 0 saturated heterocycles. The van der Waals surface area contributed by atoms with Crippen molar-refractivity contribution in [1.82, 2.24) is 10.3 Å². The molecule has 0 saturated carbocycles. The molecule has 3 N–H and O–H groups in total. The summed E-state index contributed by atoms with van der Waals surface area (Å²) in [5, 5.41) is 21.7. The second-order valence-electron chi connectivity index (χ2n) is 8.48. The number of ether oxygens (including phenoxy) is 2. The Balaban J connectivity index is 1.82. The number of benzene rings is 3. The van der Waals surface area contributed by atoms with Gasteiger partial charge in [0, 0.05) is 23.6 Å². The van der Waals surface area contributed by atoms with Gasteiger partial charge in [-0.1, -0.05) is 12.1 Å². The summed E-state index contributed by atoms with van der Waals surface area (Å²) in [6, 6.07) is 8.39. The Morgan fingerprint density at radius 3 is 2.18 bits per heavy atom. The molecule has 0 aliphatic rings. The molecular weight excluding hydrogens is 517 g/mol. The van der Waals surface area contributed by atoms with E-state index >= 15 is 4.39 Å². The Labute approximate surface area is 220 Å². The van der Waals surface area contributed by atoms with E-state index in [9.17, 15) is 28.6 Å². The standard InChI is InChI=1S/C28H23F3N2O6/c1-38-22-9-14(13-34)10-23(39-2)24(22)17-11-20(31)16(15-5-4-8-32-26(15)17)12-21(28(36)37)33-27(35)25-18(29)6-3-7-19(25)30/h3-11,21,34H,12-13H2,1-2H3,(H,33,35)(H,36,37)/t21-/m0/s1. The lowest BCUT2D eigenvalue weighted by atomic mass is 9.93. The predicted molar refractivity (Wildman–Crippen MR) is 135 cm³/mol. The number of halogens is 3. The average Bonchev–Trinajstić information content (AvgIpc) is 2.92. The molecule has 0 radical (unpaired) electrons. The largest absolute Gasteiger partial charge is 0.496 e. The van der Waals surface area contributed by atoms with Gasteiger partial charge in [-0.05, 0) is 47.5 Å². The first-order valence-corrected chi connectivity index (χ1v) is 11.6. The maximum atomic E-state index is 15.7. The van der Waals surface area contributed by atoms with Gasteiger partial charge in [0.2, 0.25) is 0 Å². The number of hydrogen-bond acceptors (Lipinski definition) is 6. The van der Waals surface area contributed by atoms with Crippen molar-refractivity contribution in [2.75, 3.05) is 14.2 Å². The number of carbonyl (C=O) groups is 2. The summed E-state index contributed by atoms with van der Waals surface area (Å²) in [6.07, 6.45) is 0.912. The van der Waals surface area contributed by atoms with E-state index in [2.05, 4.69) is 10.3 Å². The Morgan fingerprint density at radius 1 is 0.974 bits per heavy atom. The fourth-order valence-corrected chi connectivity index (χ4v) is 4.34. The van der Waals surface area contributed by atoms with Gasteiger partial charge in [-0.15, -0.1) is 0 Å². The highest BCUT2D eigenvalue weighted by atomic mass is 19.1. The highest BCUT2D eigenvalue weighted by Crippen LogP contribution is 2.43. The number of amides is 1.